The molecule has 0 spiro atoms. The Morgan fingerprint density at radius 1 is 1.24 bits per heavy atom. The van der Waals surface area contributed by atoms with Gasteiger partial charge in [0, 0.05) is 18.7 Å². The van der Waals surface area contributed by atoms with Gasteiger partial charge in [-0.15, -0.1) is 0 Å². The molecular weight excluding hydrogens is 332 g/mol. The summed E-state index contributed by atoms with van der Waals surface area (Å²) in [6.07, 6.45) is 1.68. The molecule has 2 aromatic rings. The van der Waals surface area contributed by atoms with Gasteiger partial charge in [0.05, 0.1) is 25.1 Å². The fourth-order valence-corrected chi connectivity index (χ4v) is 2.47. The van der Waals surface area contributed by atoms with Crippen LogP contribution < -0.4 is 15.0 Å². The average Bonchev–Trinajstić information content (AvgIpc) is 2.63. The van der Waals surface area contributed by atoms with Gasteiger partial charge >= 0.3 is 6.61 Å². The molecule has 0 unspecified atom stereocenters. The second-order valence-electron chi connectivity index (χ2n) is 5.36. The maximum atomic E-state index is 12.2. The molecule has 1 aromatic carbocycles. The van der Waals surface area contributed by atoms with Crippen molar-refractivity contribution in [2.45, 2.75) is 6.61 Å². The molecule has 0 radical (unpaired) electrons. The number of nitrogens with zero attached hydrogens (tertiary/aromatic N) is 2. The SMILES string of the molecule is O=C(Nc1ccc(N2CCOCC2)cn1)c1cccc(OC(F)F)c1. The van der Waals surface area contributed by atoms with E-state index in [1.54, 1.807) is 12.3 Å². The van der Waals surface area contributed by atoms with Crippen LogP contribution in [0.2, 0.25) is 0 Å². The van der Waals surface area contributed by atoms with Crippen molar-refractivity contribution >= 4 is 17.4 Å². The summed E-state index contributed by atoms with van der Waals surface area (Å²) < 4.78 is 34.1. The van der Waals surface area contributed by atoms with Gasteiger partial charge in [-0.3, -0.25) is 4.79 Å². The molecule has 6 nitrogen and oxygen atoms in total. The Kier molecular flexibility index (Phi) is 5.39. The van der Waals surface area contributed by atoms with Gasteiger partial charge in [-0.05, 0) is 30.3 Å². The van der Waals surface area contributed by atoms with Crippen molar-refractivity contribution in [1.29, 1.82) is 0 Å². The molecule has 0 saturated carbocycles. The molecule has 3 rings (SSSR count). The Bertz CT molecular complexity index is 719. The van der Waals surface area contributed by atoms with Crippen LogP contribution in [0.15, 0.2) is 42.6 Å². The van der Waals surface area contributed by atoms with Crippen LogP contribution >= 0.6 is 0 Å². The molecule has 0 bridgehead atoms. The topological polar surface area (TPSA) is 63.7 Å². The van der Waals surface area contributed by atoms with Crippen molar-refractivity contribution in [2.24, 2.45) is 0 Å². The summed E-state index contributed by atoms with van der Waals surface area (Å²) in [5.74, 6) is -0.146. The summed E-state index contributed by atoms with van der Waals surface area (Å²) in [4.78, 5) is 18.6. The molecule has 132 valence electrons. The number of pyridine rings is 1. The lowest BCUT2D eigenvalue weighted by Gasteiger charge is -2.28. The standard InChI is InChI=1S/C17H17F2N3O3/c18-17(19)25-14-3-1-2-12(10-14)16(23)21-15-5-4-13(11-20-15)22-6-8-24-9-7-22/h1-5,10-11,17H,6-9H2,(H,20,21,23). The first kappa shape index (κ1) is 17.1. The molecule has 8 heteroatoms. The molecule has 25 heavy (non-hydrogen) atoms. The number of aromatic nitrogens is 1. The fraction of sp³-hybridized carbons (Fsp3) is 0.294. The molecule has 1 aromatic heterocycles. The van der Waals surface area contributed by atoms with Gasteiger partial charge in [0.25, 0.3) is 5.91 Å². The molecule has 1 aliphatic rings. The van der Waals surface area contributed by atoms with Gasteiger partial charge in [0.1, 0.15) is 11.6 Å². The zero-order valence-corrected chi connectivity index (χ0v) is 13.3. The molecule has 1 N–H and O–H groups in total. The maximum Gasteiger partial charge on any atom is 0.387 e. The van der Waals surface area contributed by atoms with Crippen LogP contribution in [0.1, 0.15) is 10.4 Å². The largest absolute Gasteiger partial charge is 0.435 e. The van der Waals surface area contributed by atoms with E-state index in [1.807, 2.05) is 6.07 Å². The number of carbonyl (C=O) groups is 1. The highest BCUT2D eigenvalue weighted by Crippen LogP contribution is 2.19. The van der Waals surface area contributed by atoms with Crippen LogP contribution in [0, 0.1) is 0 Å². The number of nitrogens with one attached hydrogen (secondary N) is 1. The van der Waals surface area contributed by atoms with Crippen molar-refractivity contribution < 1.29 is 23.0 Å². The molecule has 0 aliphatic carbocycles. The molecule has 1 aliphatic heterocycles. The van der Waals surface area contributed by atoms with Crippen LogP contribution in [0.3, 0.4) is 0 Å². The maximum absolute atomic E-state index is 12.2. The highest BCUT2D eigenvalue weighted by Gasteiger charge is 2.13. The van der Waals surface area contributed by atoms with E-state index in [0.29, 0.717) is 19.0 Å². The predicted octanol–water partition coefficient (Wildman–Crippen LogP) is 2.77. The summed E-state index contributed by atoms with van der Waals surface area (Å²) in [6, 6.07) is 9.16. The summed E-state index contributed by atoms with van der Waals surface area (Å²) in [7, 11) is 0. The Balaban J connectivity index is 1.64. The minimum atomic E-state index is -2.94. The van der Waals surface area contributed by atoms with Crippen LogP contribution in [0.4, 0.5) is 20.3 Å². The van der Waals surface area contributed by atoms with E-state index < -0.39 is 12.5 Å². The van der Waals surface area contributed by atoms with E-state index in [4.69, 9.17) is 4.74 Å². The van der Waals surface area contributed by atoms with Gasteiger partial charge in [0.15, 0.2) is 0 Å². The van der Waals surface area contributed by atoms with Crippen molar-refractivity contribution in [2.75, 3.05) is 36.5 Å². The second kappa shape index (κ2) is 7.89. The van der Waals surface area contributed by atoms with Gasteiger partial charge < -0.3 is 19.7 Å². The third-order valence-electron chi connectivity index (χ3n) is 3.69. The molecule has 1 saturated heterocycles. The first-order chi connectivity index (χ1) is 12.1. The average molecular weight is 349 g/mol. The number of hydrogen-bond acceptors (Lipinski definition) is 5. The van der Waals surface area contributed by atoms with Crippen molar-refractivity contribution in [3.63, 3.8) is 0 Å². The number of morpholine rings is 1. The number of hydrogen-bond donors (Lipinski definition) is 1. The third kappa shape index (κ3) is 4.63. The lowest BCUT2D eigenvalue weighted by molar-refractivity contribution is -0.0498. The van der Waals surface area contributed by atoms with Crippen molar-refractivity contribution in [3.8, 4) is 5.75 Å². The summed E-state index contributed by atoms with van der Waals surface area (Å²) >= 11 is 0. The zero-order chi connectivity index (χ0) is 17.6. The number of rotatable bonds is 5. The van der Waals surface area contributed by atoms with E-state index >= 15 is 0 Å². The summed E-state index contributed by atoms with van der Waals surface area (Å²) in [6.45, 7) is 0.00680. The van der Waals surface area contributed by atoms with E-state index in [1.165, 1.54) is 24.3 Å². The highest BCUT2D eigenvalue weighted by molar-refractivity contribution is 6.04. The van der Waals surface area contributed by atoms with Crippen molar-refractivity contribution in [1.82, 2.24) is 4.98 Å². The van der Waals surface area contributed by atoms with Crippen molar-refractivity contribution in [3.05, 3.63) is 48.2 Å². The van der Waals surface area contributed by atoms with Gasteiger partial charge in [-0.2, -0.15) is 8.78 Å². The van der Waals surface area contributed by atoms with Gasteiger partial charge in [-0.25, -0.2) is 4.98 Å². The monoisotopic (exact) mass is 349 g/mol. The third-order valence-corrected chi connectivity index (χ3v) is 3.69. The first-order valence-electron chi connectivity index (χ1n) is 7.77. The fourth-order valence-electron chi connectivity index (χ4n) is 2.47. The number of benzene rings is 1. The normalized spacial score (nSPS) is 14.4. The minimum absolute atomic E-state index is 0.0710. The lowest BCUT2D eigenvalue weighted by atomic mass is 10.2. The Labute approximate surface area is 143 Å². The number of ether oxygens (including phenoxy) is 2. The van der Waals surface area contributed by atoms with E-state index in [9.17, 15) is 13.6 Å². The van der Waals surface area contributed by atoms with E-state index in [-0.39, 0.29) is 11.3 Å². The number of anilines is 2. The minimum Gasteiger partial charge on any atom is -0.435 e. The van der Waals surface area contributed by atoms with Gasteiger partial charge in [-0.1, -0.05) is 6.07 Å². The molecule has 1 fully saturated rings. The quantitative estimate of drug-likeness (QED) is 0.899. The summed E-state index contributed by atoms with van der Waals surface area (Å²) in [5, 5.41) is 2.63. The Morgan fingerprint density at radius 3 is 2.72 bits per heavy atom. The van der Waals surface area contributed by atoms with Crippen LogP contribution in [0.5, 0.6) is 5.75 Å². The molecule has 2 heterocycles. The van der Waals surface area contributed by atoms with E-state index in [0.717, 1.165) is 18.8 Å². The second-order valence-corrected chi connectivity index (χ2v) is 5.36. The number of halogens is 2. The van der Waals surface area contributed by atoms with Crippen LogP contribution in [-0.4, -0.2) is 43.8 Å². The number of carbonyl (C=O) groups excluding carboxylic acids is 1. The van der Waals surface area contributed by atoms with Crippen LogP contribution in [0.25, 0.3) is 0 Å². The molecular formula is C17H17F2N3O3. The Morgan fingerprint density at radius 2 is 2.04 bits per heavy atom. The van der Waals surface area contributed by atoms with Crippen LogP contribution in [-0.2, 0) is 4.74 Å². The lowest BCUT2D eigenvalue weighted by Crippen LogP contribution is -2.36. The van der Waals surface area contributed by atoms with E-state index in [2.05, 4.69) is 19.9 Å². The predicted molar refractivity (Wildman–Crippen MR) is 88.3 cm³/mol. The number of alkyl halides is 2. The molecule has 1 amide bonds. The Hall–Kier alpha value is -2.74. The highest BCUT2D eigenvalue weighted by atomic mass is 19.3. The van der Waals surface area contributed by atoms with Gasteiger partial charge in [0.2, 0.25) is 0 Å². The summed E-state index contributed by atoms with van der Waals surface area (Å²) in [5.41, 5.74) is 1.16. The first-order valence-corrected chi connectivity index (χ1v) is 7.77. The molecule has 0 atom stereocenters. The zero-order valence-electron chi connectivity index (χ0n) is 13.3. The smallest absolute Gasteiger partial charge is 0.387 e. The number of amides is 1.